The fourth-order valence-corrected chi connectivity index (χ4v) is 2.16. The molecule has 1 aliphatic rings. The number of rotatable bonds is 3. The fourth-order valence-electron chi connectivity index (χ4n) is 1.35. The van der Waals surface area contributed by atoms with Crippen LogP contribution in [0.25, 0.3) is 0 Å². The molecule has 0 fully saturated rings. The molecule has 0 amide bonds. The lowest BCUT2D eigenvalue weighted by Gasteiger charge is -2.23. The van der Waals surface area contributed by atoms with E-state index >= 15 is 0 Å². The molecule has 88 valence electrons. The molecule has 1 unspecified atom stereocenters. The summed E-state index contributed by atoms with van der Waals surface area (Å²) in [5, 5.41) is 10.7. The Balaban J connectivity index is 2.22. The van der Waals surface area contributed by atoms with Crippen LogP contribution in [0.1, 0.15) is 16.6 Å². The monoisotopic (exact) mass is 244 g/mol. The van der Waals surface area contributed by atoms with E-state index in [2.05, 4.69) is 0 Å². The molecule has 16 heavy (non-hydrogen) atoms. The molecule has 0 radical (unpaired) electrons. The second kappa shape index (κ2) is 4.71. The predicted molar refractivity (Wildman–Crippen MR) is 57.3 cm³/mol. The van der Waals surface area contributed by atoms with Gasteiger partial charge in [0.15, 0.2) is 22.5 Å². The van der Waals surface area contributed by atoms with Crippen molar-refractivity contribution in [1.29, 1.82) is 0 Å². The van der Waals surface area contributed by atoms with Crippen molar-refractivity contribution >= 4 is 17.3 Å². The third-order valence-corrected chi connectivity index (χ3v) is 3.01. The Labute approximate surface area is 96.6 Å². The third-order valence-electron chi connectivity index (χ3n) is 2.09. The first-order valence-corrected chi connectivity index (χ1v) is 5.83. The molecular formula is C10H12O5S. The number of aliphatic hydroxyl groups excluding tert-OH is 1. The first kappa shape index (κ1) is 11.2. The van der Waals surface area contributed by atoms with Gasteiger partial charge in [0.2, 0.25) is 0 Å². The van der Waals surface area contributed by atoms with Crippen LogP contribution in [0.4, 0.5) is 0 Å². The normalized spacial score (nSPS) is 18.2. The van der Waals surface area contributed by atoms with E-state index < -0.39 is 12.1 Å². The van der Waals surface area contributed by atoms with Gasteiger partial charge in [-0.15, -0.1) is 11.3 Å². The first-order chi connectivity index (χ1) is 7.76. The van der Waals surface area contributed by atoms with Gasteiger partial charge in [-0.2, -0.15) is 0 Å². The first-order valence-electron chi connectivity index (χ1n) is 4.95. The Morgan fingerprint density at radius 1 is 1.75 bits per heavy atom. The van der Waals surface area contributed by atoms with Crippen molar-refractivity contribution in [2.45, 2.75) is 13.0 Å². The minimum Gasteiger partial charge on any atom is -0.485 e. The maximum absolute atomic E-state index is 11.6. The predicted octanol–water partition coefficient (Wildman–Crippen LogP) is 1.06. The van der Waals surface area contributed by atoms with Crippen LogP contribution in [-0.2, 0) is 4.74 Å². The number of ether oxygens (including phenoxy) is 3. The SMILES string of the molecule is CCOC(=O)c1scc2c1OC(CO)CO2. The van der Waals surface area contributed by atoms with Crippen LogP contribution in [0.2, 0.25) is 0 Å². The summed E-state index contributed by atoms with van der Waals surface area (Å²) in [5.41, 5.74) is 0. The zero-order valence-electron chi connectivity index (χ0n) is 8.76. The van der Waals surface area contributed by atoms with Crippen LogP contribution < -0.4 is 9.47 Å². The quantitative estimate of drug-likeness (QED) is 0.805. The highest BCUT2D eigenvalue weighted by atomic mass is 32.1. The van der Waals surface area contributed by atoms with Gasteiger partial charge in [-0.3, -0.25) is 0 Å². The summed E-state index contributed by atoms with van der Waals surface area (Å²) in [5.74, 6) is 0.502. The topological polar surface area (TPSA) is 65.0 Å². The van der Waals surface area contributed by atoms with Gasteiger partial charge in [-0.05, 0) is 6.92 Å². The van der Waals surface area contributed by atoms with Crippen molar-refractivity contribution in [2.24, 2.45) is 0 Å². The number of fused-ring (bicyclic) bond motifs is 1. The van der Waals surface area contributed by atoms with E-state index in [4.69, 9.17) is 19.3 Å². The van der Waals surface area contributed by atoms with Gasteiger partial charge in [0.1, 0.15) is 6.61 Å². The molecule has 0 spiro atoms. The Bertz CT molecular complexity index is 387. The van der Waals surface area contributed by atoms with E-state index in [1.165, 1.54) is 11.3 Å². The zero-order valence-corrected chi connectivity index (χ0v) is 9.58. The number of aliphatic hydroxyl groups is 1. The molecule has 0 saturated heterocycles. The van der Waals surface area contributed by atoms with Crippen molar-refractivity contribution in [3.8, 4) is 11.5 Å². The molecule has 1 aromatic rings. The van der Waals surface area contributed by atoms with Crippen LogP contribution in [0.5, 0.6) is 11.5 Å². The maximum Gasteiger partial charge on any atom is 0.352 e. The third kappa shape index (κ3) is 1.98. The van der Waals surface area contributed by atoms with Crippen LogP contribution >= 0.6 is 11.3 Å². The van der Waals surface area contributed by atoms with Crippen molar-refractivity contribution < 1.29 is 24.1 Å². The summed E-state index contributed by atoms with van der Waals surface area (Å²) in [6.07, 6.45) is -0.421. The van der Waals surface area contributed by atoms with Gasteiger partial charge in [0.25, 0.3) is 0 Å². The van der Waals surface area contributed by atoms with Gasteiger partial charge in [0, 0.05) is 5.38 Å². The molecule has 5 nitrogen and oxygen atoms in total. The largest absolute Gasteiger partial charge is 0.485 e. The standard InChI is InChI=1S/C10H12O5S/c1-2-13-10(12)9-8-7(5-16-9)14-4-6(3-11)15-8/h5-6,11H,2-4H2,1H3. The van der Waals surface area contributed by atoms with E-state index in [-0.39, 0.29) is 6.61 Å². The molecule has 0 aromatic carbocycles. The van der Waals surface area contributed by atoms with Crippen molar-refractivity contribution in [3.63, 3.8) is 0 Å². The van der Waals surface area contributed by atoms with Gasteiger partial charge < -0.3 is 19.3 Å². The van der Waals surface area contributed by atoms with Crippen LogP contribution in [-0.4, -0.2) is 37.0 Å². The molecule has 6 heteroatoms. The van der Waals surface area contributed by atoms with Gasteiger partial charge in [-0.25, -0.2) is 4.79 Å². The van der Waals surface area contributed by atoms with E-state index in [0.29, 0.717) is 29.6 Å². The summed E-state index contributed by atoms with van der Waals surface area (Å²) in [7, 11) is 0. The van der Waals surface area contributed by atoms with Crippen LogP contribution in [0, 0.1) is 0 Å². The van der Waals surface area contributed by atoms with Crippen molar-refractivity contribution in [2.75, 3.05) is 19.8 Å². The number of esters is 1. The molecule has 0 saturated carbocycles. The van der Waals surface area contributed by atoms with Crippen molar-refractivity contribution in [1.82, 2.24) is 0 Å². The molecule has 1 N–H and O–H groups in total. The molecule has 0 aliphatic carbocycles. The van der Waals surface area contributed by atoms with E-state index in [1.54, 1.807) is 12.3 Å². The summed E-state index contributed by atoms with van der Waals surface area (Å²) in [6, 6.07) is 0. The summed E-state index contributed by atoms with van der Waals surface area (Å²) in [4.78, 5) is 11.9. The summed E-state index contributed by atoms with van der Waals surface area (Å²) in [6.45, 7) is 2.21. The number of thiophene rings is 1. The zero-order chi connectivity index (χ0) is 11.5. The lowest BCUT2D eigenvalue weighted by Crippen LogP contribution is -2.32. The Morgan fingerprint density at radius 3 is 3.25 bits per heavy atom. The highest BCUT2D eigenvalue weighted by Crippen LogP contribution is 2.40. The minimum atomic E-state index is -0.421. The summed E-state index contributed by atoms with van der Waals surface area (Å²) < 4.78 is 15.7. The second-order valence-corrected chi connectivity index (χ2v) is 4.09. The number of hydrogen-bond donors (Lipinski definition) is 1. The maximum atomic E-state index is 11.6. The fraction of sp³-hybridized carbons (Fsp3) is 0.500. The van der Waals surface area contributed by atoms with Gasteiger partial charge >= 0.3 is 5.97 Å². The Hall–Kier alpha value is -1.27. The number of carbonyl (C=O) groups excluding carboxylic acids is 1. The Morgan fingerprint density at radius 2 is 2.56 bits per heavy atom. The molecule has 1 aromatic heterocycles. The highest BCUT2D eigenvalue weighted by Gasteiger charge is 2.28. The smallest absolute Gasteiger partial charge is 0.352 e. The minimum absolute atomic E-state index is 0.141. The molecule has 2 heterocycles. The second-order valence-electron chi connectivity index (χ2n) is 3.21. The molecule has 0 bridgehead atoms. The van der Waals surface area contributed by atoms with Gasteiger partial charge in [0.05, 0.1) is 13.2 Å². The molecule has 1 atom stereocenters. The summed E-state index contributed by atoms with van der Waals surface area (Å²) >= 11 is 1.22. The van der Waals surface area contributed by atoms with Crippen molar-refractivity contribution in [3.05, 3.63) is 10.3 Å². The van der Waals surface area contributed by atoms with Crippen LogP contribution in [0.15, 0.2) is 5.38 Å². The van der Waals surface area contributed by atoms with E-state index in [0.717, 1.165) is 0 Å². The average molecular weight is 244 g/mol. The molecule has 1 aliphatic heterocycles. The van der Waals surface area contributed by atoms with E-state index in [9.17, 15) is 4.79 Å². The molecule has 2 rings (SSSR count). The average Bonchev–Trinajstić information content (AvgIpc) is 2.71. The molecular weight excluding hydrogens is 232 g/mol. The van der Waals surface area contributed by atoms with Gasteiger partial charge in [-0.1, -0.05) is 0 Å². The highest BCUT2D eigenvalue weighted by molar-refractivity contribution is 7.12. The lowest BCUT2D eigenvalue weighted by atomic mass is 10.3. The van der Waals surface area contributed by atoms with E-state index in [1.807, 2.05) is 0 Å². The lowest BCUT2D eigenvalue weighted by molar-refractivity contribution is 0.0401. The van der Waals surface area contributed by atoms with Crippen LogP contribution in [0.3, 0.4) is 0 Å². The Kier molecular flexibility index (Phi) is 3.31. The number of carbonyl (C=O) groups is 1. The number of hydrogen-bond acceptors (Lipinski definition) is 6.